The summed E-state index contributed by atoms with van der Waals surface area (Å²) in [5.74, 6) is -1.56. The summed E-state index contributed by atoms with van der Waals surface area (Å²) in [7, 11) is 1.51. The minimum atomic E-state index is -5.00. The monoisotopic (exact) mass is 303 g/mol. The van der Waals surface area contributed by atoms with Gasteiger partial charge in [-0.25, -0.2) is 0 Å². The Morgan fingerprint density at radius 3 is 1.60 bits per heavy atom. The average molecular weight is 303 g/mol. The fourth-order valence-electron chi connectivity index (χ4n) is 1.40. The minimum absolute atomic E-state index is 0.161. The zero-order valence-corrected chi connectivity index (χ0v) is 10.4. The summed E-state index contributed by atoms with van der Waals surface area (Å²) in [6.45, 7) is 1.56. The molecule has 0 aliphatic heterocycles. The molecule has 3 nitrogen and oxygen atoms in total. The smallest absolute Gasteiger partial charge is 0.406 e. The fraction of sp³-hybridized carbons (Fsp3) is 0.455. The molecule has 0 aromatic heterocycles. The summed E-state index contributed by atoms with van der Waals surface area (Å²) in [5, 5.41) is 2.69. The van der Waals surface area contributed by atoms with Crippen LogP contribution in [0.1, 0.15) is 18.5 Å². The number of ether oxygens (including phenoxy) is 2. The summed E-state index contributed by atoms with van der Waals surface area (Å²) < 4.78 is 80.0. The van der Waals surface area contributed by atoms with Crippen LogP contribution in [0.2, 0.25) is 0 Å². The Labute approximate surface area is 110 Å². The third-order valence-electron chi connectivity index (χ3n) is 2.30. The van der Waals surface area contributed by atoms with Gasteiger partial charge in [0.2, 0.25) is 0 Å². The first-order chi connectivity index (χ1) is 9.00. The Morgan fingerprint density at radius 1 is 0.900 bits per heavy atom. The molecular weight excluding hydrogens is 292 g/mol. The van der Waals surface area contributed by atoms with Crippen molar-refractivity contribution in [1.29, 1.82) is 0 Å². The molecule has 0 saturated heterocycles. The maximum atomic E-state index is 12.1. The number of rotatable bonds is 4. The lowest BCUT2D eigenvalue weighted by atomic mass is 10.1. The summed E-state index contributed by atoms with van der Waals surface area (Å²) in [6.07, 6.45) is -10.0. The predicted octanol–water partition coefficient (Wildman–Crippen LogP) is 3.76. The molecule has 1 unspecified atom stereocenters. The normalized spacial score (nSPS) is 14.0. The van der Waals surface area contributed by atoms with Gasteiger partial charge in [0.25, 0.3) is 0 Å². The van der Waals surface area contributed by atoms with Crippen LogP contribution in [0.15, 0.2) is 18.2 Å². The average Bonchev–Trinajstić information content (AvgIpc) is 2.22. The molecule has 20 heavy (non-hydrogen) atoms. The van der Waals surface area contributed by atoms with Gasteiger partial charge in [0.05, 0.1) is 0 Å². The third-order valence-corrected chi connectivity index (χ3v) is 2.30. The lowest BCUT2D eigenvalue weighted by Gasteiger charge is -2.17. The van der Waals surface area contributed by atoms with E-state index in [2.05, 4.69) is 14.8 Å². The van der Waals surface area contributed by atoms with Crippen molar-refractivity contribution in [1.82, 2.24) is 5.32 Å². The molecule has 1 N–H and O–H groups in total. The number of benzene rings is 1. The Kier molecular flexibility index (Phi) is 4.74. The van der Waals surface area contributed by atoms with Crippen molar-refractivity contribution in [2.45, 2.75) is 25.7 Å². The molecule has 0 aliphatic rings. The quantitative estimate of drug-likeness (QED) is 0.859. The van der Waals surface area contributed by atoms with Crippen LogP contribution in [-0.4, -0.2) is 19.8 Å². The molecule has 0 heterocycles. The van der Waals surface area contributed by atoms with Crippen molar-refractivity contribution in [3.8, 4) is 11.5 Å². The van der Waals surface area contributed by atoms with E-state index in [-0.39, 0.29) is 5.56 Å². The highest BCUT2D eigenvalue weighted by molar-refractivity contribution is 5.40. The SMILES string of the molecule is CNC(C)c1cc(OC(F)(F)F)cc(OC(F)(F)F)c1. The van der Waals surface area contributed by atoms with E-state index in [9.17, 15) is 26.3 Å². The molecule has 1 rings (SSSR count). The Balaban J connectivity index is 3.14. The van der Waals surface area contributed by atoms with E-state index in [1.807, 2.05) is 0 Å². The number of hydrogen-bond donors (Lipinski definition) is 1. The van der Waals surface area contributed by atoms with E-state index >= 15 is 0 Å². The Bertz CT molecular complexity index is 423. The molecule has 0 spiro atoms. The van der Waals surface area contributed by atoms with Gasteiger partial charge in [-0.15, -0.1) is 26.3 Å². The predicted molar refractivity (Wildman–Crippen MR) is 57.3 cm³/mol. The highest BCUT2D eigenvalue weighted by Crippen LogP contribution is 2.32. The van der Waals surface area contributed by atoms with Crippen LogP contribution in [0, 0.1) is 0 Å². The molecule has 1 aromatic rings. The van der Waals surface area contributed by atoms with Gasteiger partial charge >= 0.3 is 12.7 Å². The number of alkyl halides is 6. The largest absolute Gasteiger partial charge is 0.573 e. The van der Waals surface area contributed by atoms with Crippen molar-refractivity contribution < 1.29 is 35.8 Å². The lowest BCUT2D eigenvalue weighted by Crippen LogP contribution is -2.20. The van der Waals surface area contributed by atoms with Gasteiger partial charge in [0, 0.05) is 12.1 Å². The molecule has 1 atom stereocenters. The summed E-state index contributed by atoms with van der Waals surface area (Å²) in [6, 6.07) is 2.00. The van der Waals surface area contributed by atoms with Gasteiger partial charge < -0.3 is 14.8 Å². The van der Waals surface area contributed by atoms with Crippen molar-refractivity contribution in [2.75, 3.05) is 7.05 Å². The summed E-state index contributed by atoms with van der Waals surface area (Å²) >= 11 is 0. The first kappa shape index (κ1) is 16.4. The van der Waals surface area contributed by atoms with Gasteiger partial charge in [0.15, 0.2) is 0 Å². The topological polar surface area (TPSA) is 30.5 Å². The third kappa shape index (κ3) is 5.55. The van der Waals surface area contributed by atoms with Crippen molar-refractivity contribution in [2.24, 2.45) is 0 Å². The van der Waals surface area contributed by atoms with Crippen LogP contribution in [0.3, 0.4) is 0 Å². The van der Waals surface area contributed by atoms with E-state index in [1.165, 1.54) is 7.05 Å². The first-order valence-corrected chi connectivity index (χ1v) is 5.34. The van der Waals surface area contributed by atoms with Crippen LogP contribution in [0.5, 0.6) is 11.5 Å². The van der Waals surface area contributed by atoms with Crippen molar-refractivity contribution in [3.63, 3.8) is 0 Å². The Hall–Kier alpha value is -1.64. The highest BCUT2D eigenvalue weighted by atomic mass is 19.4. The van der Waals surface area contributed by atoms with E-state index in [0.29, 0.717) is 6.07 Å². The zero-order chi connectivity index (χ0) is 15.6. The van der Waals surface area contributed by atoms with E-state index in [0.717, 1.165) is 12.1 Å². The molecule has 0 radical (unpaired) electrons. The lowest BCUT2D eigenvalue weighted by molar-refractivity contribution is -0.276. The second kappa shape index (κ2) is 5.78. The molecule has 0 saturated carbocycles. The number of hydrogen-bond acceptors (Lipinski definition) is 3. The van der Waals surface area contributed by atoms with Gasteiger partial charge in [-0.3, -0.25) is 0 Å². The minimum Gasteiger partial charge on any atom is -0.406 e. The Morgan fingerprint density at radius 2 is 1.30 bits per heavy atom. The molecule has 0 fully saturated rings. The van der Waals surface area contributed by atoms with Crippen LogP contribution in [-0.2, 0) is 0 Å². The second-order valence-electron chi connectivity index (χ2n) is 3.84. The molecule has 1 aromatic carbocycles. The summed E-state index contributed by atoms with van der Waals surface area (Å²) in [4.78, 5) is 0. The molecule has 0 amide bonds. The van der Waals surface area contributed by atoms with Crippen molar-refractivity contribution >= 4 is 0 Å². The van der Waals surface area contributed by atoms with E-state index in [1.54, 1.807) is 6.92 Å². The fourth-order valence-corrected chi connectivity index (χ4v) is 1.40. The van der Waals surface area contributed by atoms with Crippen LogP contribution in [0.4, 0.5) is 26.3 Å². The number of halogens is 6. The number of nitrogens with one attached hydrogen (secondary N) is 1. The van der Waals surface area contributed by atoms with E-state index < -0.39 is 30.3 Å². The van der Waals surface area contributed by atoms with Gasteiger partial charge in [-0.05, 0) is 31.7 Å². The first-order valence-electron chi connectivity index (χ1n) is 5.34. The summed E-state index contributed by atoms with van der Waals surface area (Å²) in [5.41, 5.74) is 0.161. The molecule has 0 bridgehead atoms. The van der Waals surface area contributed by atoms with Gasteiger partial charge in [-0.2, -0.15) is 0 Å². The van der Waals surface area contributed by atoms with Crippen molar-refractivity contribution in [3.05, 3.63) is 23.8 Å². The molecule has 0 aliphatic carbocycles. The van der Waals surface area contributed by atoms with E-state index in [4.69, 9.17) is 0 Å². The maximum absolute atomic E-state index is 12.1. The standard InChI is InChI=1S/C11H11F6NO2/c1-6(18-2)7-3-8(19-10(12,13)14)5-9(4-7)20-11(15,16)17/h3-6,18H,1-2H3. The zero-order valence-electron chi connectivity index (χ0n) is 10.4. The molecule has 114 valence electrons. The van der Waals surface area contributed by atoms with Crippen LogP contribution in [0.25, 0.3) is 0 Å². The van der Waals surface area contributed by atoms with Gasteiger partial charge in [0.1, 0.15) is 11.5 Å². The van der Waals surface area contributed by atoms with Gasteiger partial charge in [-0.1, -0.05) is 0 Å². The van der Waals surface area contributed by atoms with Crippen LogP contribution >= 0.6 is 0 Å². The maximum Gasteiger partial charge on any atom is 0.573 e. The second-order valence-corrected chi connectivity index (χ2v) is 3.84. The highest BCUT2D eigenvalue weighted by Gasteiger charge is 2.34. The molecule has 9 heteroatoms. The molecular formula is C11H11F6NO2. The van der Waals surface area contributed by atoms with Crippen LogP contribution < -0.4 is 14.8 Å².